The maximum Gasteiger partial charge on any atom is 0.257 e. The van der Waals surface area contributed by atoms with Crippen molar-refractivity contribution in [2.45, 2.75) is 0 Å². The Morgan fingerprint density at radius 3 is 1.55 bits per heavy atom. The predicted molar refractivity (Wildman–Crippen MR) is 164 cm³/mol. The highest BCUT2D eigenvalue weighted by Crippen LogP contribution is 2.27. The second-order valence-electron chi connectivity index (χ2n) is 8.08. The smallest absolute Gasteiger partial charge is 0.257 e. The summed E-state index contributed by atoms with van der Waals surface area (Å²) in [5.41, 5.74) is 3.05. The lowest BCUT2D eigenvalue weighted by atomic mass is 10.1. The molecule has 0 aromatic heterocycles. The number of methoxy groups -OCH3 is 2. The normalized spacial score (nSPS) is 11.2. The van der Waals surface area contributed by atoms with Crippen molar-refractivity contribution in [3.05, 3.63) is 81.9 Å². The van der Waals surface area contributed by atoms with Crippen molar-refractivity contribution < 1.29 is 19.1 Å². The van der Waals surface area contributed by atoms with E-state index < -0.39 is 11.8 Å². The number of benzene rings is 3. The van der Waals surface area contributed by atoms with Crippen LogP contribution >= 0.6 is 24.0 Å². The highest BCUT2D eigenvalue weighted by Gasteiger charge is 2.17. The van der Waals surface area contributed by atoms with Gasteiger partial charge in [0.15, 0.2) is 0 Å². The van der Waals surface area contributed by atoms with Crippen LogP contribution in [0.5, 0.6) is 11.5 Å². The Kier molecular flexibility index (Phi) is 11.8. The van der Waals surface area contributed by atoms with Crippen LogP contribution in [-0.2, 0) is 0 Å². The molecule has 0 unspecified atom stereocenters. The highest BCUT2D eigenvalue weighted by molar-refractivity contribution is 6.35. The van der Waals surface area contributed by atoms with Crippen LogP contribution in [0.25, 0.3) is 0 Å². The van der Waals surface area contributed by atoms with Gasteiger partial charge >= 0.3 is 0 Å². The number of ether oxygens (including phenoxy) is 2. The van der Waals surface area contributed by atoms with Crippen molar-refractivity contribution in [3.63, 3.8) is 0 Å². The topological polar surface area (TPSA) is 125 Å². The molecular weight excluding hydrogens is 555 g/mol. The van der Waals surface area contributed by atoms with Gasteiger partial charge in [-0.05, 0) is 42.5 Å². The zero-order valence-corrected chi connectivity index (χ0v) is 24.6. The number of carbonyl (C=O) groups excluding carboxylic acids is 2. The second kappa shape index (κ2) is 14.8. The van der Waals surface area contributed by atoms with E-state index in [2.05, 4.69) is 31.3 Å². The van der Waals surface area contributed by atoms with E-state index in [1.54, 1.807) is 71.7 Å². The molecule has 10 nitrogen and oxygen atoms in total. The van der Waals surface area contributed by atoms with Gasteiger partial charge in [-0.1, -0.05) is 11.6 Å². The number of rotatable bonds is 8. The summed E-state index contributed by atoms with van der Waals surface area (Å²) in [7, 11) is 9.95. The molecule has 0 spiro atoms. The molecule has 0 aliphatic carbocycles. The monoisotopic (exact) mass is 586 g/mol. The number of nitrogens with one attached hydrogen (secondary N) is 4. The van der Waals surface area contributed by atoms with Gasteiger partial charge in [-0.15, -0.1) is 12.4 Å². The van der Waals surface area contributed by atoms with E-state index in [0.29, 0.717) is 34.5 Å². The largest absolute Gasteiger partial charge is 0.496 e. The molecule has 212 valence electrons. The van der Waals surface area contributed by atoms with E-state index in [1.165, 1.54) is 25.3 Å². The Bertz CT molecular complexity index is 1440. The highest BCUT2D eigenvalue weighted by atomic mass is 35.5. The molecule has 4 N–H and O–H groups in total. The summed E-state index contributed by atoms with van der Waals surface area (Å²) in [6, 6.07) is 14.9. The average molecular weight is 588 g/mol. The van der Waals surface area contributed by atoms with Gasteiger partial charge in [0.2, 0.25) is 0 Å². The zero-order valence-electron chi connectivity index (χ0n) is 23.0. The average Bonchev–Trinajstić information content (AvgIpc) is 2.95. The molecule has 0 fully saturated rings. The summed E-state index contributed by atoms with van der Waals surface area (Å²) in [4.78, 5) is 34.2. The number of anilines is 2. The van der Waals surface area contributed by atoms with Crippen LogP contribution in [0.15, 0.2) is 64.6 Å². The van der Waals surface area contributed by atoms with Crippen LogP contribution in [0, 0.1) is 0 Å². The van der Waals surface area contributed by atoms with Crippen molar-refractivity contribution >= 4 is 58.9 Å². The van der Waals surface area contributed by atoms with E-state index in [9.17, 15) is 9.59 Å². The summed E-state index contributed by atoms with van der Waals surface area (Å²) < 4.78 is 10.9. The van der Waals surface area contributed by atoms with Gasteiger partial charge in [-0.25, -0.2) is 0 Å². The second-order valence-corrected chi connectivity index (χ2v) is 8.48. The number of amides is 2. The molecule has 2 amide bonds. The van der Waals surface area contributed by atoms with Gasteiger partial charge < -0.3 is 30.7 Å². The third kappa shape index (κ3) is 7.22. The van der Waals surface area contributed by atoms with Crippen LogP contribution in [0.4, 0.5) is 11.4 Å². The molecule has 0 aliphatic rings. The molecule has 0 saturated carbocycles. The van der Waals surface area contributed by atoms with E-state index in [-0.39, 0.29) is 28.6 Å². The first kappa shape index (κ1) is 31.9. The van der Waals surface area contributed by atoms with Crippen molar-refractivity contribution in [3.8, 4) is 11.5 Å². The lowest BCUT2D eigenvalue weighted by molar-refractivity contribution is 0.101. The van der Waals surface area contributed by atoms with Crippen LogP contribution in [0.2, 0.25) is 5.02 Å². The van der Waals surface area contributed by atoms with Crippen molar-refractivity contribution in [2.24, 2.45) is 9.98 Å². The Hall–Kier alpha value is -4.28. The fourth-order valence-electron chi connectivity index (χ4n) is 3.91. The van der Waals surface area contributed by atoms with Gasteiger partial charge in [0, 0.05) is 57.3 Å². The van der Waals surface area contributed by atoms with E-state index >= 15 is 0 Å². The van der Waals surface area contributed by atoms with Crippen molar-refractivity contribution in [1.82, 2.24) is 10.6 Å². The third-order valence-electron chi connectivity index (χ3n) is 5.83. The first-order valence-electron chi connectivity index (χ1n) is 11.9. The van der Waals surface area contributed by atoms with Crippen molar-refractivity contribution in [1.29, 1.82) is 0 Å². The fraction of sp³-hybridized carbons (Fsp3) is 0.214. The van der Waals surface area contributed by atoms with Gasteiger partial charge in [0.25, 0.3) is 11.8 Å². The molecule has 3 rings (SSSR count). The lowest BCUT2D eigenvalue weighted by Crippen LogP contribution is -2.20. The molecule has 0 heterocycles. The number of hydrogen-bond acceptors (Lipinski definition) is 6. The van der Waals surface area contributed by atoms with Crippen LogP contribution < -0.4 is 30.7 Å². The summed E-state index contributed by atoms with van der Waals surface area (Å²) in [6.07, 6.45) is 0. The Labute approximate surface area is 244 Å². The van der Waals surface area contributed by atoms with E-state index in [4.69, 9.17) is 21.1 Å². The number of nitrogens with zero attached hydrogens (tertiary/aromatic N) is 2. The number of aliphatic imine (C=N–C) groups is 2. The van der Waals surface area contributed by atoms with Gasteiger partial charge in [0.1, 0.15) is 23.2 Å². The van der Waals surface area contributed by atoms with Gasteiger partial charge in [0.05, 0.1) is 35.9 Å². The standard InChI is InChI=1S/C28H31ClN6O4.ClH/c1-30-25(31-2)20-11-8-17(14-23(20)38-5)34-27(36)16-7-10-19(22(29)13-16)28(37)35-18-9-12-21(24(15-18)39-6)26(32-3)33-4;/h7-15H,1-6H3,(H,30,31)(H,32,33)(H,34,36)(H,35,37);1H. The Morgan fingerprint density at radius 1 is 0.700 bits per heavy atom. The molecular formula is C28H32Cl2N6O4. The maximum absolute atomic E-state index is 12.9. The molecule has 12 heteroatoms. The molecule has 0 atom stereocenters. The van der Waals surface area contributed by atoms with E-state index in [0.717, 1.165) is 11.1 Å². The van der Waals surface area contributed by atoms with Crippen molar-refractivity contribution in [2.75, 3.05) is 53.0 Å². The zero-order chi connectivity index (χ0) is 28.5. The Balaban J connectivity index is 0.00000560. The number of hydrogen-bond donors (Lipinski definition) is 4. The molecule has 0 aliphatic heterocycles. The summed E-state index contributed by atoms with van der Waals surface area (Å²) in [5.74, 6) is 1.55. The summed E-state index contributed by atoms with van der Waals surface area (Å²) in [6.45, 7) is 0. The minimum absolute atomic E-state index is 0. The molecule has 0 radical (unpaired) electrons. The number of carbonyl (C=O) groups is 2. The lowest BCUT2D eigenvalue weighted by Gasteiger charge is -2.14. The first-order valence-corrected chi connectivity index (χ1v) is 12.3. The minimum atomic E-state index is -0.432. The number of halogens is 2. The van der Waals surface area contributed by atoms with Crippen LogP contribution in [0.3, 0.4) is 0 Å². The molecule has 3 aromatic rings. The fourth-order valence-corrected chi connectivity index (χ4v) is 4.17. The Morgan fingerprint density at radius 2 is 1.15 bits per heavy atom. The summed E-state index contributed by atoms with van der Waals surface area (Å²) >= 11 is 6.41. The number of amidine groups is 2. The van der Waals surface area contributed by atoms with Gasteiger partial charge in [-0.2, -0.15) is 0 Å². The molecule has 3 aromatic carbocycles. The molecule has 0 saturated heterocycles. The SMILES string of the molecule is CN=C(NC)c1ccc(NC(=O)c2ccc(C(=O)Nc3ccc(C(=NC)NC)c(OC)c3)c(Cl)c2)cc1OC.Cl. The molecule has 0 bridgehead atoms. The molecule has 40 heavy (non-hydrogen) atoms. The van der Waals surface area contributed by atoms with Gasteiger partial charge in [-0.3, -0.25) is 19.6 Å². The first-order chi connectivity index (χ1) is 18.8. The summed E-state index contributed by atoms with van der Waals surface area (Å²) in [5, 5.41) is 11.8. The van der Waals surface area contributed by atoms with E-state index in [1.807, 2.05) is 0 Å². The third-order valence-corrected chi connectivity index (χ3v) is 6.14. The maximum atomic E-state index is 12.9. The quantitative estimate of drug-likeness (QED) is 0.228. The predicted octanol–water partition coefficient (Wildman–Crippen LogP) is 4.48. The van der Waals surface area contributed by atoms with Crippen LogP contribution in [0.1, 0.15) is 31.8 Å². The minimum Gasteiger partial charge on any atom is -0.496 e. The van der Waals surface area contributed by atoms with Crippen LogP contribution in [-0.4, -0.2) is 65.9 Å².